The molecule has 4 nitrogen and oxygen atoms in total. The second-order valence-corrected chi connectivity index (χ2v) is 3.74. The third-order valence-corrected chi connectivity index (χ3v) is 2.35. The zero-order chi connectivity index (χ0) is 12.4. The molecule has 0 saturated heterocycles. The van der Waals surface area contributed by atoms with E-state index in [1.807, 2.05) is 0 Å². The molecular formula is C12H11FN2O2. The standard InChI is InChI=1S/C12H11FN2O2/c1-7-12(8-3-2-4-9(13)5-8)15-10(14-7)6-11(16)17/h2-5H,6H2,1H3,(H,14,15)(H,16,17). The number of hydrogen-bond donors (Lipinski definition) is 2. The molecule has 17 heavy (non-hydrogen) atoms. The van der Waals surface area contributed by atoms with Crippen molar-refractivity contribution in [2.45, 2.75) is 13.3 Å². The number of H-pyrrole nitrogens is 1. The van der Waals surface area contributed by atoms with Crippen LogP contribution in [0.5, 0.6) is 0 Å². The van der Waals surface area contributed by atoms with Crippen LogP contribution in [0.3, 0.4) is 0 Å². The van der Waals surface area contributed by atoms with Crippen LogP contribution in [0.25, 0.3) is 11.3 Å². The Morgan fingerprint density at radius 3 is 2.94 bits per heavy atom. The van der Waals surface area contributed by atoms with Crippen molar-refractivity contribution < 1.29 is 14.3 Å². The highest BCUT2D eigenvalue weighted by Gasteiger charge is 2.11. The fourth-order valence-electron chi connectivity index (χ4n) is 1.67. The van der Waals surface area contributed by atoms with Crippen LogP contribution in [0.1, 0.15) is 11.5 Å². The van der Waals surface area contributed by atoms with Crippen LogP contribution in [0.15, 0.2) is 24.3 Å². The van der Waals surface area contributed by atoms with Gasteiger partial charge >= 0.3 is 5.97 Å². The lowest BCUT2D eigenvalue weighted by Gasteiger charge is -1.97. The normalized spacial score (nSPS) is 10.5. The number of aryl methyl sites for hydroxylation is 1. The Morgan fingerprint density at radius 1 is 1.53 bits per heavy atom. The summed E-state index contributed by atoms with van der Waals surface area (Å²) in [5.41, 5.74) is 1.95. The summed E-state index contributed by atoms with van der Waals surface area (Å²) < 4.78 is 13.1. The number of hydrogen-bond acceptors (Lipinski definition) is 2. The minimum atomic E-state index is -0.954. The molecule has 5 heteroatoms. The number of nitrogens with zero attached hydrogens (tertiary/aromatic N) is 1. The van der Waals surface area contributed by atoms with E-state index in [0.717, 1.165) is 5.69 Å². The quantitative estimate of drug-likeness (QED) is 0.855. The van der Waals surface area contributed by atoms with Gasteiger partial charge in [-0.05, 0) is 19.1 Å². The van der Waals surface area contributed by atoms with E-state index in [1.54, 1.807) is 19.1 Å². The molecule has 0 unspecified atom stereocenters. The molecule has 0 amide bonds. The maximum Gasteiger partial charge on any atom is 0.311 e. The number of aromatic nitrogens is 2. The highest BCUT2D eigenvalue weighted by molar-refractivity contribution is 5.70. The van der Waals surface area contributed by atoms with E-state index in [4.69, 9.17) is 5.11 Å². The number of rotatable bonds is 3. The lowest BCUT2D eigenvalue weighted by molar-refractivity contribution is -0.136. The first-order valence-corrected chi connectivity index (χ1v) is 5.09. The number of nitrogens with one attached hydrogen (secondary N) is 1. The van der Waals surface area contributed by atoms with Crippen LogP contribution in [-0.2, 0) is 11.2 Å². The number of halogens is 1. The first-order valence-electron chi connectivity index (χ1n) is 5.09. The van der Waals surface area contributed by atoms with Gasteiger partial charge in [0.1, 0.15) is 18.1 Å². The molecule has 0 aliphatic heterocycles. The predicted molar refractivity (Wildman–Crippen MR) is 60.1 cm³/mol. The average molecular weight is 234 g/mol. The van der Waals surface area contributed by atoms with Gasteiger partial charge in [0, 0.05) is 11.3 Å². The summed E-state index contributed by atoms with van der Waals surface area (Å²) in [5, 5.41) is 8.66. The molecule has 0 atom stereocenters. The highest BCUT2D eigenvalue weighted by Crippen LogP contribution is 2.21. The molecule has 1 heterocycles. The van der Waals surface area contributed by atoms with Crippen LogP contribution in [-0.4, -0.2) is 21.0 Å². The minimum Gasteiger partial charge on any atom is -0.481 e. The Hall–Kier alpha value is -2.17. The first kappa shape index (κ1) is 11.3. The number of aliphatic carboxylic acids is 1. The molecule has 2 rings (SSSR count). The molecule has 2 N–H and O–H groups in total. The topological polar surface area (TPSA) is 66.0 Å². The van der Waals surface area contributed by atoms with Gasteiger partial charge in [0.25, 0.3) is 0 Å². The molecule has 0 spiro atoms. The largest absolute Gasteiger partial charge is 0.481 e. The molecule has 0 aliphatic rings. The van der Waals surface area contributed by atoms with Gasteiger partial charge in [-0.1, -0.05) is 12.1 Å². The molecule has 0 radical (unpaired) electrons. The van der Waals surface area contributed by atoms with Gasteiger partial charge in [0.15, 0.2) is 0 Å². The molecule has 1 aromatic carbocycles. The van der Waals surface area contributed by atoms with E-state index in [1.165, 1.54) is 12.1 Å². The summed E-state index contributed by atoms with van der Waals surface area (Å²) in [6, 6.07) is 6.05. The summed E-state index contributed by atoms with van der Waals surface area (Å²) in [7, 11) is 0. The number of benzene rings is 1. The van der Waals surface area contributed by atoms with Crippen molar-refractivity contribution in [2.75, 3.05) is 0 Å². The lowest BCUT2D eigenvalue weighted by Crippen LogP contribution is -2.01. The first-order chi connectivity index (χ1) is 8.06. The van der Waals surface area contributed by atoms with E-state index in [2.05, 4.69) is 9.97 Å². The van der Waals surface area contributed by atoms with E-state index in [0.29, 0.717) is 17.1 Å². The number of imidazole rings is 1. The van der Waals surface area contributed by atoms with Crippen LogP contribution >= 0.6 is 0 Å². The van der Waals surface area contributed by atoms with Crippen LogP contribution in [0, 0.1) is 12.7 Å². The SMILES string of the molecule is Cc1[nH]c(CC(=O)O)nc1-c1cccc(F)c1. The smallest absolute Gasteiger partial charge is 0.311 e. The molecule has 0 aliphatic carbocycles. The van der Waals surface area contributed by atoms with E-state index in [-0.39, 0.29) is 12.2 Å². The second-order valence-electron chi connectivity index (χ2n) is 3.74. The second kappa shape index (κ2) is 4.37. The fourth-order valence-corrected chi connectivity index (χ4v) is 1.67. The Bertz CT molecular complexity index is 563. The predicted octanol–water partition coefficient (Wildman–Crippen LogP) is 2.15. The Morgan fingerprint density at radius 2 is 2.29 bits per heavy atom. The van der Waals surface area contributed by atoms with Crippen LogP contribution in [0.2, 0.25) is 0 Å². The molecule has 0 saturated carbocycles. The summed E-state index contributed by atoms with van der Waals surface area (Å²) >= 11 is 0. The van der Waals surface area contributed by atoms with Crippen LogP contribution < -0.4 is 0 Å². The lowest BCUT2D eigenvalue weighted by atomic mass is 10.1. The zero-order valence-electron chi connectivity index (χ0n) is 9.20. The summed E-state index contributed by atoms with van der Waals surface area (Å²) in [6.45, 7) is 1.78. The van der Waals surface area contributed by atoms with Crippen molar-refractivity contribution in [1.29, 1.82) is 0 Å². The molecule has 0 fully saturated rings. The van der Waals surface area contributed by atoms with E-state index in [9.17, 15) is 9.18 Å². The van der Waals surface area contributed by atoms with Gasteiger partial charge in [-0.25, -0.2) is 9.37 Å². The van der Waals surface area contributed by atoms with Gasteiger partial charge in [0.05, 0.1) is 5.69 Å². The van der Waals surface area contributed by atoms with Gasteiger partial charge < -0.3 is 10.1 Å². The van der Waals surface area contributed by atoms with Crippen molar-refractivity contribution in [2.24, 2.45) is 0 Å². The molecule has 2 aromatic rings. The number of carbonyl (C=O) groups is 1. The van der Waals surface area contributed by atoms with Crippen molar-refractivity contribution in [3.8, 4) is 11.3 Å². The average Bonchev–Trinajstić information content (AvgIpc) is 2.58. The number of carboxylic acid groups (broad SMARTS) is 1. The maximum absolute atomic E-state index is 13.1. The summed E-state index contributed by atoms with van der Waals surface area (Å²) in [5.74, 6) is -0.927. The minimum absolute atomic E-state index is 0.170. The Balaban J connectivity index is 2.39. The molecule has 0 bridgehead atoms. The van der Waals surface area contributed by atoms with Gasteiger partial charge in [-0.15, -0.1) is 0 Å². The molecule has 1 aromatic heterocycles. The third kappa shape index (κ3) is 2.50. The fraction of sp³-hybridized carbons (Fsp3) is 0.167. The van der Waals surface area contributed by atoms with Crippen LogP contribution in [0.4, 0.5) is 4.39 Å². The summed E-state index contributed by atoms with van der Waals surface area (Å²) in [4.78, 5) is 17.6. The van der Waals surface area contributed by atoms with Gasteiger partial charge in [-0.2, -0.15) is 0 Å². The van der Waals surface area contributed by atoms with Crippen molar-refractivity contribution in [1.82, 2.24) is 9.97 Å². The zero-order valence-corrected chi connectivity index (χ0v) is 9.20. The highest BCUT2D eigenvalue weighted by atomic mass is 19.1. The van der Waals surface area contributed by atoms with Crippen molar-refractivity contribution in [3.05, 3.63) is 41.6 Å². The van der Waals surface area contributed by atoms with Gasteiger partial charge in [-0.3, -0.25) is 4.79 Å². The molecule has 88 valence electrons. The van der Waals surface area contributed by atoms with Crippen molar-refractivity contribution in [3.63, 3.8) is 0 Å². The summed E-state index contributed by atoms with van der Waals surface area (Å²) in [6.07, 6.45) is -0.170. The Kier molecular flexibility index (Phi) is 2.91. The molecular weight excluding hydrogens is 223 g/mol. The van der Waals surface area contributed by atoms with Gasteiger partial charge in [0.2, 0.25) is 0 Å². The van der Waals surface area contributed by atoms with E-state index < -0.39 is 5.97 Å². The van der Waals surface area contributed by atoms with Crippen molar-refractivity contribution >= 4 is 5.97 Å². The van der Waals surface area contributed by atoms with E-state index >= 15 is 0 Å². The number of aromatic amines is 1. The Labute approximate surface area is 97.1 Å². The maximum atomic E-state index is 13.1. The number of carboxylic acids is 1. The monoisotopic (exact) mass is 234 g/mol. The third-order valence-electron chi connectivity index (χ3n) is 2.35.